The van der Waals surface area contributed by atoms with Crippen molar-refractivity contribution in [3.05, 3.63) is 29.8 Å². The zero-order valence-corrected chi connectivity index (χ0v) is 16.2. The summed E-state index contributed by atoms with van der Waals surface area (Å²) in [6, 6.07) is 7.98. The fourth-order valence-corrected chi connectivity index (χ4v) is 3.23. The third-order valence-electron chi connectivity index (χ3n) is 5.27. The molecule has 0 bridgehead atoms. The Morgan fingerprint density at radius 1 is 1.15 bits per heavy atom. The lowest BCUT2D eigenvalue weighted by Crippen LogP contribution is -2.55. The molecule has 1 aromatic carbocycles. The van der Waals surface area contributed by atoms with E-state index in [1.165, 1.54) is 0 Å². The van der Waals surface area contributed by atoms with Gasteiger partial charge >= 0.3 is 0 Å². The maximum atomic E-state index is 12.2. The third-order valence-corrected chi connectivity index (χ3v) is 5.27. The van der Waals surface area contributed by atoms with Crippen molar-refractivity contribution in [2.75, 3.05) is 39.8 Å². The van der Waals surface area contributed by atoms with Gasteiger partial charge in [-0.15, -0.1) is 0 Å². The Balaban J connectivity index is 1.35. The molecule has 148 valence electrons. The highest BCUT2D eigenvalue weighted by Gasteiger charge is 2.30. The van der Waals surface area contributed by atoms with Crippen LogP contribution in [-0.2, 0) is 16.1 Å². The molecule has 7 nitrogen and oxygen atoms in total. The molecule has 0 aromatic heterocycles. The van der Waals surface area contributed by atoms with Crippen LogP contribution >= 0.6 is 0 Å². The van der Waals surface area contributed by atoms with Crippen LogP contribution in [0.5, 0.6) is 5.75 Å². The summed E-state index contributed by atoms with van der Waals surface area (Å²) in [5, 5.41) is 6.03. The smallest absolute Gasteiger partial charge is 0.237 e. The van der Waals surface area contributed by atoms with Gasteiger partial charge in [0.15, 0.2) is 0 Å². The van der Waals surface area contributed by atoms with Gasteiger partial charge in [0.1, 0.15) is 5.75 Å². The number of hydrogen-bond acceptors (Lipinski definition) is 5. The van der Waals surface area contributed by atoms with Crippen LogP contribution in [0.4, 0.5) is 0 Å². The fourth-order valence-electron chi connectivity index (χ4n) is 3.23. The number of methoxy groups -OCH3 is 1. The van der Waals surface area contributed by atoms with Crippen molar-refractivity contribution in [2.24, 2.45) is 0 Å². The Kier molecular flexibility index (Phi) is 6.68. The second-order valence-electron chi connectivity index (χ2n) is 7.40. The van der Waals surface area contributed by atoms with Gasteiger partial charge in [-0.1, -0.05) is 12.1 Å². The first kappa shape index (κ1) is 19.6. The molecule has 2 N–H and O–H groups in total. The van der Waals surface area contributed by atoms with Gasteiger partial charge in [-0.2, -0.15) is 0 Å². The predicted octanol–water partition coefficient (Wildman–Crippen LogP) is 0.596. The van der Waals surface area contributed by atoms with Crippen LogP contribution in [0.2, 0.25) is 0 Å². The number of piperazine rings is 1. The van der Waals surface area contributed by atoms with Crippen LogP contribution in [0.15, 0.2) is 24.3 Å². The van der Waals surface area contributed by atoms with Gasteiger partial charge in [-0.3, -0.25) is 19.4 Å². The van der Waals surface area contributed by atoms with E-state index in [1.54, 1.807) is 7.11 Å². The van der Waals surface area contributed by atoms with E-state index in [4.69, 9.17) is 4.74 Å². The minimum Gasteiger partial charge on any atom is -0.497 e. The second-order valence-corrected chi connectivity index (χ2v) is 7.40. The highest BCUT2D eigenvalue weighted by atomic mass is 16.5. The molecular formula is C20H30N4O3. The Morgan fingerprint density at radius 2 is 1.81 bits per heavy atom. The summed E-state index contributed by atoms with van der Waals surface area (Å²) in [5.74, 6) is 0.963. The lowest BCUT2D eigenvalue weighted by atomic mass is 10.2. The average Bonchev–Trinajstić information content (AvgIpc) is 3.50. The van der Waals surface area contributed by atoms with Crippen LogP contribution < -0.4 is 15.4 Å². The number of benzene rings is 1. The second kappa shape index (κ2) is 9.19. The highest BCUT2D eigenvalue weighted by Crippen LogP contribution is 2.19. The number of carbonyl (C=O) groups is 2. The Labute approximate surface area is 161 Å². The van der Waals surface area contributed by atoms with E-state index < -0.39 is 0 Å². The molecule has 1 aliphatic heterocycles. The molecule has 3 rings (SSSR count). The lowest BCUT2D eigenvalue weighted by molar-refractivity contribution is -0.128. The third kappa shape index (κ3) is 5.94. The van der Waals surface area contributed by atoms with Gasteiger partial charge in [-0.05, 0) is 37.5 Å². The molecule has 0 radical (unpaired) electrons. The summed E-state index contributed by atoms with van der Waals surface area (Å²) in [6.45, 7) is 6.10. The zero-order valence-electron chi connectivity index (χ0n) is 16.2. The van der Waals surface area contributed by atoms with Crippen molar-refractivity contribution in [3.8, 4) is 5.75 Å². The molecule has 1 aliphatic carbocycles. The minimum atomic E-state index is -0.100. The topological polar surface area (TPSA) is 73.9 Å². The summed E-state index contributed by atoms with van der Waals surface area (Å²) in [4.78, 5) is 28.7. The predicted molar refractivity (Wildman–Crippen MR) is 103 cm³/mol. The first-order chi connectivity index (χ1) is 13.0. The summed E-state index contributed by atoms with van der Waals surface area (Å²) in [5.41, 5.74) is 1.05. The molecule has 1 saturated heterocycles. The molecule has 27 heavy (non-hydrogen) atoms. The van der Waals surface area contributed by atoms with Crippen molar-refractivity contribution in [3.63, 3.8) is 0 Å². The fraction of sp³-hybridized carbons (Fsp3) is 0.600. The van der Waals surface area contributed by atoms with Crippen molar-refractivity contribution < 1.29 is 14.3 Å². The Hall–Kier alpha value is -2.12. The van der Waals surface area contributed by atoms with E-state index in [0.29, 0.717) is 19.1 Å². The molecular weight excluding hydrogens is 344 g/mol. The SMILES string of the molecule is COc1ccc(CNC(=O)CN2CCN(C(C)C(=O)NC3CC3)CC2)cc1. The Morgan fingerprint density at radius 3 is 2.41 bits per heavy atom. The molecule has 1 saturated carbocycles. The lowest BCUT2D eigenvalue weighted by Gasteiger charge is -2.37. The minimum absolute atomic E-state index is 0.0267. The summed E-state index contributed by atoms with van der Waals surface area (Å²) >= 11 is 0. The number of amides is 2. The van der Waals surface area contributed by atoms with E-state index in [9.17, 15) is 9.59 Å². The first-order valence-electron chi connectivity index (χ1n) is 9.71. The molecule has 7 heteroatoms. The normalized spacial score (nSPS) is 19.3. The average molecular weight is 374 g/mol. The number of nitrogens with zero attached hydrogens (tertiary/aromatic N) is 2. The van der Waals surface area contributed by atoms with E-state index in [0.717, 1.165) is 50.3 Å². The summed E-state index contributed by atoms with van der Waals surface area (Å²) < 4.78 is 5.13. The monoisotopic (exact) mass is 374 g/mol. The zero-order chi connectivity index (χ0) is 19.2. The van der Waals surface area contributed by atoms with Crippen LogP contribution in [0.1, 0.15) is 25.3 Å². The van der Waals surface area contributed by atoms with Crippen molar-refractivity contribution in [1.82, 2.24) is 20.4 Å². The van der Waals surface area contributed by atoms with Gasteiger partial charge in [0.05, 0.1) is 19.7 Å². The molecule has 0 spiro atoms. The maximum absolute atomic E-state index is 12.2. The Bertz CT molecular complexity index is 637. The van der Waals surface area contributed by atoms with Gasteiger partial charge in [0, 0.05) is 38.8 Å². The number of rotatable bonds is 8. The number of hydrogen-bond donors (Lipinski definition) is 2. The van der Waals surface area contributed by atoms with Crippen LogP contribution in [-0.4, -0.2) is 73.5 Å². The summed E-state index contributed by atoms with van der Waals surface area (Å²) in [7, 11) is 1.64. The molecule has 1 aromatic rings. The van der Waals surface area contributed by atoms with Gasteiger partial charge in [0.2, 0.25) is 11.8 Å². The maximum Gasteiger partial charge on any atom is 0.237 e. The molecule has 2 amide bonds. The summed E-state index contributed by atoms with van der Waals surface area (Å²) in [6.07, 6.45) is 2.22. The van der Waals surface area contributed by atoms with Crippen LogP contribution in [0.25, 0.3) is 0 Å². The molecule has 1 unspecified atom stereocenters. The number of ether oxygens (including phenoxy) is 1. The van der Waals surface area contributed by atoms with Crippen molar-refractivity contribution in [1.29, 1.82) is 0 Å². The first-order valence-corrected chi connectivity index (χ1v) is 9.71. The molecule has 1 atom stereocenters. The van der Waals surface area contributed by atoms with E-state index in [1.807, 2.05) is 31.2 Å². The van der Waals surface area contributed by atoms with Gasteiger partial charge < -0.3 is 15.4 Å². The van der Waals surface area contributed by atoms with E-state index in [-0.39, 0.29) is 17.9 Å². The van der Waals surface area contributed by atoms with Gasteiger partial charge in [0.25, 0.3) is 0 Å². The molecule has 2 fully saturated rings. The number of nitrogens with one attached hydrogen (secondary N) is 2. The van der Waals surface area contributed by atoms with Crippen LogP contribution in [0, 0.1) is 0 Å². The highest BCUT2D eigenvalue weighted by molar-refractivity contribution is 5.82. The van der Waals surface area contributed by atoms with Crippen LogP contribution in [0.3, 0.4) is 0 Å². The quantitative estimate of drug-likeness (QED) is 0.697. The standard InChI is InChI=1S/C20H30N4O3/c1-15(20(26)22-17-5-6-17)24-11-9-23(10-12-24)14-19(25)21-13-16-3-7-18(27-2)8-4-16/h3-4,7-8,15,17H,5-6,9-14H2,1-2H3,(H,21,25)(H,22,26). The van der Waals surface area contributed by atoms with Crippen molar-refractivity contribution in [2.45, 2.75) is 38.4 Å². The van der Waals surface area contributed by atoms with Crippen molar-refractivity contribution >= 4 is 11.8 Å². The largest absolute Gasteiger partial charge is 0.497 e. The van der Waals surface area contributed by atoms with Gasteiger partial charge in [-0.25, -0.2) is 0 Å². The van der Waals surface area contributed by atoms with E-state index in [2.05, 4.69) is 20.4 Å². The molecule has 1 heterocycles. The molecule has 2 aliphatic rings. The van der Waals surface area contributed by atoms with E-state index >= 15 is 0 Å². The number of carbonyl (C=O) groups excluding carboxylic acids is 2.